The molecule has 0 aliphatic rings. The van der Waals surface area contributed by atoms with Gasteiger partial charge in [-0.25, -0.2) is 0 Å². The number of pyridine rings is 1. The van der Waals surface area contributed by atoms with Gasteiger partial charge in [-0.2, -0.15) is 5.26 Å². The first-order chi connectivity index (χ1) is 6.79. The fourth-order valence-electron chi connectivity index (χ4n) is 1.27. The normalized spacial score (nSPS) is 11.7. The van der Waals surface area contributed by atoms with Gasteiger partial charge in [-0.3, -0.25) is 4.98 Å². The topological polar surface area (TPSA) is 62.7 Å². The van der Waals surface area contributed by atoms with Crippen molar-refractivity contribution in [3.63, 3.8) is 0 Å². The third kappa shape index (κ3) is 2.41. The van der Waals surface area contributed by atoms with Gasteiger partial charge in [-0.15, -0.1) is 6.58 Å². The molecular weight excluding hydrogens is 174 g/mol. The summed E-state index contributed by atoms with van der Waals surface area (Å²) in [7, 11) is 0. The third-order valence-corrected chi connectivity index (χ3v) is 2.06. The smallest absolute Gasteiger partial charge is 0.101 e. The van der Waals surface area contributed by atoms with E-state index in [2.05, 4.69) is 17.6 Å². The molecule has 1 rings (SSSR count). The van der Waals surface area contributed by atoms with E-state index in [0.29, 0.717) is 5.56 Å². The lowest BCUT2D eigenvalue weighted by molar-refractivity contribution is 0.659. The Labute approximate surface area is 83.9 Å². The van der Waals surface area contributed by atoms with Gasteiger partial charge in [0.2, 0.25) is 0 Å². The summed E-state index contributed by atoms with van der Waals surface area (Å²) in [5.74, 6) is 0. The fraction of sp³-hybridized carbons (Fsp3) is 0.273. The van der Waals surface area contributed by atoms with Gasteiger partial charge >= 0.3 is 0 Å². The van der Waals surface area contributed by atoms with E-state index in [1.54, 1.807) is 18.5 Å². The van der Waals surface area contributed by atoms with Gasteiger partial charge in [-0.1, -0.05) is 6.08 Å². The molecular formula is C11H13N3. The van der Waals surface area contributed by atoms with Gasteiger partial charge in [0, 0.05) is 18.4 Å². The van der Waals surface area contributed by atoms with Gasteiger partial charge < -0.3 is 5.73 Å². The molecule has 0 saturated heterocycles. The number of nitrogens with two attached hydrogens (primary N) is 1. The van der Waals surface area contributed by atoms with Crippen LogP contribution >= 0.6 is 0 Å². The number of rotatable bonds is 4. The fourth-order valence-corrected chi connectivity index (χ4v) is 1.27. The number of hydrogen-bond acceptors (Lipinski definition) is 3. The van der Waals surface area contributed by atoms with Crippen LogP contribution in [0.3, 0.4) is 0 Å². The molecule has 3 heteroatoms. The molecule has 1 aromatic heterocycles. The molecule has 0 fully saturated rings. The minimum Gasteiger partial charge on any atom is -0.324 e. The first kappa shape index (κ1) is 10.4. The summed E-state index contributed by atoms with van der Waals surface area (Å²) in [6.07, 6.45) is 6.69. The zero-order valence-corrected chi connectivity index (χ0v) is 7.98. The SMILES string of the molecule is C=CCC[C@@H](N)c1ccncc1C#N. The second-order valence-electron chi connectivity index (χ2n) is 3.05. The van der Waals surface area contributed by atoms with Crippen molar-refractivity contribution in [3.05, 3.63) is 42.2 Å². The van der Waals surface area contributed by atoms with E-state index < -0.39 is 0 Å². The van der Waals surface area contributed by atoms with Crippen LogP contribution in [0.1, 0.15) is 30.0 Å². The number of aromatic nitrogens is 1. The van der Waals surface area contributed by atoms with E-state index >= 15 is 0 Å². The Kier molecular flexibility index (Phi) is 3.84. The van der Waals surface area contributed by atoms with Crippen molar-refractivity contribution < 1.29 is 0 Å². The molecule has 0 saturated carbocycles. The van der Waals surface area contributed by atoms with Crippen molar-refractivity contribution in [2.75, 3.05) is 0 Å². The largest absolute Gasteiger partial charge is 0.324 e. The van der Waals surface area contributed by atoms with Crippen molar-refractivity contribution in [2.45, 2.75) is 18.9 Å². The van der Waals surface area contributed by atoms with Crippen LogP contribution in [0.5, 0.6) is 0 Å². The van der Waals surface area contributed by atoms with Crippen LogP contribution in [0.15, 0.2) is 31.1 Å². The summed E-state index contributed by atoms with van der Waals surface area (Å²) in [6, 6.07) is 3.78. The van der Waals surface area contributed by atoms with Crippen molar-refractivity contribution in [1.82, 2.24) is 4.98 Å². The summed E-state index contributed by atoms with van der Waals surface area (Å²) in [5.41, 5.74) is 7.36. The summed E-state index contributed by atoms with van der Waals surface area (Å²) in [5, 5.41) is 8.83. The van der Waals surface area contributed by atoms with E-state index in [4.69, 9.17) is 11.0 Å². The average molecular weight is 187 g/mol. The third-order valence-electron chi connectivity index (χ3n) is 2.06. The van der Waals surface area contributed by atoms with Crippen LogP contribution in [-0.4, -0.2) is 4.98 Å². The van der Waals surface area contributed by atoms with Gasteiger partial charge in [0.1, 0.15) is 6.07 Å². The van der Waals surface area contributed by atoms with Gasteiger partial charge in [0.05, 0.1) is 5.56 Å². The predicted molar refractivity (Wildman–Crippen MR) is 55.3 cm³/mol. The first-order valence-electron chi connectivity index (χ1n) is 4.50. The Bertz CT molecular complexity index is 352. The Morgan fingerprint density at radius 2 is 2.50 bits per heavy atom. The quantitative estimate of drug-likeness (QED) is 0.732. The highest BCUT2D eigenvalue weighted by Gasteiger charge is 2.09. The average Bonchev–Trinajstić information content (AvgIpc) is 2.25. The molecule has 0 aliphatic carbocycles. The van der Waals surface area contributed by atoms with E-state index in [-0.39, 0.29) is 6.04 Å². The molecule has 0 aliphatic heterocycles. The summed E-state index contributed by atoms with van der Waals surface area (Å²) in [6.45, 7) is 3.64. The lowest BCUT2D eigenvalue weighted by Gasteiger charge is -2.11. The molecule has 0 spiro atoms. The van der Waals surface area contributed by atoms with E-state index in [1.165, 1.54) is 0 Å². The maximum atomic E-state index is 8.83. The first-order valence-corrected chi connectivity index (χ1v) is 4.50. The zero-order chi connectivity index (χ0) is 10.4. The molecule has 72 valence electrons. The van der Waals surface area contributed by atoms with Gasteiger partial charge in [0.25, 0.3) is 0 Å². The Morgan fingerprint density at radius 3 is 3.14 bits per heavy atom. The summed E-state index contributed by atoms with van der Waals surface area (Å²) in [4.78, 5) is 3.88. The lowest BCUT2D eigenvalue weighted by Crippen LogP contribution is -2.11. The minimum atomic E-state index is -0.106. The molecule has 1 heterocycles. The van der Waals surface area contributed by atoms with Crippen molar-refractivity contribution in [3.8, 4) is 6.07 Å². The van der Waals surface area contributed by atoms with Crippen LogP contribution in [0.25, 0.3) is 0 Å². The molecule has 0 bridgehead atoms. The van der Waals surface area contributed by atoms with Crippen LogP contribution in [0.2, 0.25) is 0 Å². The number of hydrogen-bond donors (Lipinski definition) is 1. The second kappa shape index (κ2) is 5.15. The monoisotopic (exact) mass is 187 g/mol. The zero-order valence-electron chi connectivity index (χ0n) is 7.98. The molecule has 14 heavy (non-hydrogen) atoms. The molecule has 0 radical (unpaired) electrons. The second-order valence-corrected chi connectivity index (χ2v) is 3.05. The standard InChI is InChI=1S/C11H13N3/c1-2-3-4-11(13)10-5-6-14-8-9(10)7-12/h2,5-6,8,11H,1,3-4,13H2/t11-/m1/s1. The molecule has 3 nitrogen and oxygen atoms in total. The Hall–Kier alpha value is -1.66. The molecule has 1 aromatic rings. The predicted octanol–water partition coefficient (Wildman–Crippen LogP) is 1.92. The van der Waals surface area contributed by atoms with E-state index in [9.17, 15) is 0 Å². The molecule has 1 atom stereocenters. The van der Waals surface area contributed by atoms with Crippen LogP contribution in [0.4, 0.5) is 0 Å². The highest BCUT2D eigenvalue weighted by molar-refractivity contribution is 5.36. The Balaban J connectivity index is 2.83. The molecule has 2 N–H and O–H groups in total. The highest BCUT2D eigenvalue weighted by Crippen LogP contribution is 2.18. The highest BCUT2D eigenvalue weighted by atomic mass is 14.7. The van der Waals surface area contributed by atoms with E-state index in [0.717, 1.165) is 18.4 Å². The van der Waals surface area contributed by atoms with E-state index in [1.807, 2.05) is 6.08 Å². The number of nitrogens with zero attached hydrogens (tertiary/aromatic N) is 2. The van der Waals surface area contributed by atoms with Crippen molar-refractivity contribution in [2.24, 2.45) is 5.73 Å². The molecule has 0 aromatic carbocycles. The van der Waals surface area contributed by atoms with Gasteiger partial charge in [-0.05, 0) is 24.5 Å². The molecule has 0 amide bonds. The lowest BCUT2D eigenvalue weighted by atomic mass is 10.00. The number of nitriles is 1. The minimum absolute atomic E-state index is 0.106. The van der Waals surface area contributed by atoms with Crippen molar-refractivity contribution >= 4 is 0 Å². The maximum Gasteiger partial charge on any atom is 0.101 e. The van der Waals surface area contributed by atoms with Gasteiger partial charge in [0.15, 0.2) is 0 Å². The number of allylic oxidation sites excluding steroid dienone is 1. The summed E-state index contributed by atoms with van der Waals surface area (Å²) >= 11 is 0. The van der Waals surface area contributed by atoms with Crippen LogP contribution in [-0.2, 0) is 0 Å². The maximum absolute atomic E-state index is 8.83. The molecule has 0 unspecified atom stereocenters. The Morgan fingerprint density at radius 1 is 1.71 bits per heavy atom. The van der Waals surface area contributed by atoms with Crippen LogP contribution < -0.4 is 5.73 Å². The summed E-state index contributed by atoms with van der Waals surface area (Å²) < 4.78 is 0. The van der Waals surface area contributed by atoms with Crippen LogP contribution in [0, 0.1) is 11.3 Å². The van der Waals surface area contributed by atoms with Crippen molar-refractivity contribution in [1.29, 1.82) is 5.26 Å².